The zero-order chi connectivity index (χ0) is 13.0. The van der Waals surface area contributed by atoms with Gasteiger partial charge in [0.2, 0.25) is 0 Å². The maximum Gasteiger partial charge on any atom is 0.139 e. The van der Waals surface area contributed by atoms with Crippen LogP contribution in [0.1, 0.15) is 25.7 Å². The lowest BCUT2D eigenvalue weighted by Crippen LogP contribution is -2.42. The molecule has 2 rings (SSSR count). The van der Waals surface area contributed by atoms with Crippen molar-refractivity contribution in [1.29, 1.82) is 0 Å². The summed E-state index contributed by atoms with van der Waals surface area (Å²) in [4.78, 5) is 17.2. The Hall–Kier alpha value is -0.450. The highest BCUT2D eigenvalue weighted by Gasteiger charge is 2.31. The number of carbonyl (C=O) groups is 1. The Morgan fingerprint density at radius 2 is 1.56 bits per heavy atom. The molecule has 2 aliphatic heterocycles. The molecule has 2 N–H and O–H groups in total. The van der Waals surface area contributed by atoms with Gasteiger partial charge >= 0.3 is 0 Å². The molecule has 4 nitrogen and oxygen atoms in total. The average Bonchev–Trinajstić information content (AvgIpc) is 2.40. The maximum absolute atomic E-state index is 12.5. The van der Waals surface area contributed by atoms with Gasteiger partial charge in [0.25, 0.3) is 0 Å². The van der Waals surface area contributed by atoms with E-state index in [4.69, 9.17) is 5.73 Å². The van der Waals surface area contributed by atoms with Gasteiger partial charge in [-0.05, 0) is 58.9 Å². The molecule has 18 heavy (non-hydrogen) atoms. The molecule has 0 unspecified atom stereocenters. The molecule has 0 aromatic rings. The van der Waals surface area contributed by atoms with Crippen LogP contribution >= 0.6 is 0 Å². The lowest BCUT2D eigenvalue weighted by atomic mass is 9.81. The number of Topliss-reactive ketones (excluding diaryl/α,β-unsaturated/α-hetero) is 1. The highest BCUT2D eigenvalue weighted by atomic mass is 16.1. The second kappa shape index (κ2) is 6.64. The number of rotatable bonds is 4. The van der Waals surface area contributed by atoms with Gasteiger partial charge in [0, 0.05) is 24.9 Å². The summed E-state index contributed by atoms with van der Waals surface area (Å²) in [5.74, 6) is 1.22. The first-order valence-corrected chi connectivity index (χ1v) is 7.35. The Bertz CT molecular complexity index is 266. The van der Waals surface area contributed by atoms with E-state index in [2.05, 4.69) is 16.8 Å². The second-order valence-corrected chi connectivity index (χ2v) is 5.88. The molecule has 2 saturated heterocycles. The van der Waals surface area contributed by atoms with Gasteiger partial charge < -0.3 is 15.5 Å². The van der Waals surface area contributed by atoms with Crippen molar-refractivity contribution in [2.24, 2.45) is 17.6 Å². The number of hydrogen-bond acceptors (Lipinski definition) is 4. The topological polar surface area (TPSA) is 49.6 Å². The molecule has 0 spiro atoms. The lowest BCUT2D eigenvalue weighted by molar-refractivity contribution is -0.129. The maximum atomic E-state index is 12.5. The number of likely N-dealkylation sites (tertiary alicyclic amines) is 2. The van der Waals surface area contributed by atoms with Crippen LogP contribution in [-0.2, 0) is 4.79 Å². The number of piperidine rings is 2. The van der Waals surface area contributed by atoms with Crippen LogP contribution in [0.2, 0.25) is 0 Å². The van der Waals surface area contributed by atoms with E-state index >= 15 is 0 Å². The third kappa shape index (κ3) is 3.53. The van der Waals surface area contributed by atoms with Gasteiger partial charge in [-0.3, -0.25) is 4.79 Å². The van der Waals surface area contributed by atoms with E-state index in [1.54, 1.807) is 0 Å². The Labute approximate surface area is 110 Å². The molecular weight excluding hydrogens is 226 g/mol. The predicted molar refractivity (Wildman–Crippen MR) is 73.4 cm³/mol. The van der Waals surface area contributed by atoms with Gasteiger partial charge in [0.05, 0.1) is 0 Å². The van der Waals surface area contributed by atoms with Crippen LogP contribution < -0.4 is 5.73 Å². The van der Waals surface area contributed by atoms with Crippen LogP contribution in [0.4, 0.5) is 0 Å². The number of hydrogen-bond donors (Lipinski definition) is 1. The van der Waals surface area contributed by atoms with Crippen molar-refractivity contribution in [3.05, 3.63) is 0 Å². The van der Waals surface area contributed by atoms with Crippen molar-refractivity contribution in [2.75, 3.05) is 46.3 Å². The zero-order valence-electron chi connectivity index (χ0n) is 11.6. The highest BCUT2D eigenvalue weighted by molar-refractivity contribution is 5.83. The third-order valence-corrected chi connectivity index (χ3v) is 4.56. The number of nitrogens with two attached hydrogens (primary N) is 1. The number of ketones is 1. The predicted octanol–water partition coefficient (Wildman–Crippen LogP) is 0.568. The fourth-order valence-corrected chi connectivity index (χ4v) is 3.25. The largest absolute Gasteiger partial charge is 0.329 e. The molecule has 0 radical (unpaired) electrons. The minimum Gasteiger partial charge on any atom is -0.329 e. The molecule has 0 saturated carbocycles. The van der Waals surface area contributed by atoms with Crippen molar-refractivity contribution in [1.82, 2.24) is 9.80 Å². The van der Waals surface area contributed by atoms with Crippen LogP contribution in [0.15, 0.2) is 0 Å². The van der Waals surface area contributed by atoms with Crippen molar-refractivity contribution >= 4 is 5.78 Å². The molecule has 0 aliphatic carbocycles. The van der Waals surface area contributed by atoms with E-state index < -0.39 is 0 Å². The van der Waals surface area contributed by atoms with Crippen molar-refractivity contribution < 1.29 is 4.79 Å². The average molecular weight is 253 g/mol. The lowest BCUT2D eigenvalue weighted by Gasteiger charge is -2.34. The van der Waals surface area contributed by atoms with Crippen molar-refractivity contribution in [3.8, 4) is 0 Å². The SMILES string of the molecule is CN1CCC(C(=O)C2CCN(CCN)CC2)CC1. The van der Waals surface area contributed by atoms with Gasteiger partial charge in [-0.25, -0.2) is 0 Å². The summed E-state index contributed by atoms with van der Waals surface area (Å²) in [5, 5.41) is 0. The Kier molecular flexibility index (Phi) is 5.15. The van der Waals surface area contributed by atoms with Gasteiger partial charge in [-0.15, -0.1) is 0 Å². The Morgan fingerprint density at radius 1 is 1.06 bits per heavy atom. The minimum absolute atomic E-state index is 0.326. The molecule has 2 fully saturated rings. The summed E-state index contributed by atoms with van der Waals surface area (Å²) >= 11 is 0. The standard InChI is InChI=1S/C14H27N3O/c1-16-7-2-12(3-8-16)14(18)13-4-9-17(10-5-13)11-6-15/h12-13H,2-11,15H2,1H3. The zero-order valence-corrected chi connectivity index (χ0v) is 11.6. The molecule has 2 heterocycles. The summed E-state index contributed by atoms with van der Waals surface area (Å²) in [6.45, 7) is 5.99. The number of nitrogens with zero attached hydrogens (tertiary/aromatic N) is 2. The first-order chi connectivity index (χ1) is 8.70. The van der Waals surface area contributed by atoms with Gasteiger partial charge in [0.15, 0.2) is 0 Å². The molecular formula is C14H27N3O. The van der Waals surface area contributed by atoms with Crippen LogP contribution in [0.3, 0.4) is 0 Å². The first kappa shape index (κ1) is 14.0. The van der Waals surface area contributed by atoms with E-state index in [0.29, 0.717) is 17.6 Å². The van der Waals surface area contributed by atoms with E-state index in [1.807, 2.05) is 0 Å². The van der Waals surface area contributed by atoms with Crippen molar-refractivity contribution in [2.45, 2.75) is 25.7 Å². The highest BCUT2D eigenvalue weighted by Crippen LogP contribution is 2.26. The molecule has 0 atom stereocenters. The molecule has 0 aromatic heterocycles. The Morgan fingerprint density at radius 3 is 2.06 bits per heavy atom. The summed E-state index contributed by atoms with van der Waals surface area (Å²) < 4.78 is 0. The minimum atomic E-state index is 0.326. The second-order valence-electron chi connectivity index (χ2n) is 5.88. The summed E-state index contributed by atoms with van der Waals surface area (Å²) in [6.07, 6.45) is 4.23. The fourth-order valence-electron chi connectivity index (χ4n) is 3.25. The van der Waals surface area contributed by atoms with E-state index in [-0.39, 0.29) is 0 Å². The molecule has 2 aliphatic rings. The van der Waals surface area contributed by atoms with Crippen molar-refractivity contribution in [3.63, 3.8) is 0 Å². The van der Waals surface area contributed by atoms with Crippen LogP contribution in [0.25, 0.3) is 0 Å². The van der Waals surface area contributed by atoms with Gasteiger partial charge in [0.1, 0.15) is 5.78 Å². The number of carbonyl (C=O) groups excluding carboxylic acids is 1. The van der Waals surface area contributed by atoms with E-state index in [1.165, 1.54) is 0 Å². The first-order valence-electron chi connectivity index (χ1n) is 7.35. The van der Waals surface area contributed by atoms with E-state index in [0.717, 1.165) is 65.0 Å². The molecule has 104 valence electrons. The van der Waals surface area contributed by atoms with Gasteiger partial charge in [-0.1, -0.05) is 0 Å². The third-order valence-electron chi connectivity index (χ3n) is 4.56. The molecule has 0 amide bonds. The summed E-state index contributed by atoms with van der Waals surface area (Å²) in [6, 6.07) is 0. The smallest absolute Gasteiger partial charge is 0.139 e. The summed E-state index contributed by atoms with van der Waals surface area (Å²) in [5.41, 5.74) is 5.57. The normalized spacial score (nSPS) is 25.4. The van der Waals surface area contributed by atoms with Gasteiger partial charge in [-0.2, -0.15) is 0 Å². The van der Waals surface area contributed by atoms with Crippen LogP contribution in [0.5, 0.6) is 0 Å². The van der Waals surface area contributed by atoms with Crippen LogP contribution in [-0.4, -0.2) is 61.9 Å². The Balaban J connectivity index is 1.77. The molecule has 0 aromatic carbocycles. The molecule has 4 heteroatoms. The molecule has 0 bridgehead atoms. The van der Waals surface area contributed by atoms with E-state index in [9.17, 15) is 4.79 Å². The quantitative estimate of drug-likeness (QED) is 0.796. The van der Waals surface area contributed by atoms with Crippen LogP contribution in [0, 0.1) is 11.8 Å². The summed E-state index contributed by atoms with van der Waals surface area (Å²) in [7, 11) is 2.14. The monoisotopic (exact) mass is 253 g/mol. The fraction of sp³-hybridized carbons (Fsp3) is 0.929.